The number of para-hydroxylation sites is 1. The average molecular weight is 370 g/mol. The van der Waals surface area contributed by atoms with Crippen molar-refractivity contribution in [3.63, 3.8) is 0 Å². The molecule has 146 valence electrons. The van der Waals surface area contributed by atoms with E-state index in [2.05, 4.69) is 23.6 Å². The van der Waals surface area contributed by atoms with Gasteiger partial charge in [0.25, 0.3) is 0 Å². The van der Waals surface area contributed by atoms with Crippen LogP contribution in [0.3, 0.4) is 0 Å². The smallest absolute Gasteiger partial charge is 0.231 e. The fourth-order valence-electron chi connectivity index (χ4n) is 5.10. The first-order chi connectivity index (χ1) is 13.1. The van der Waals surface area contributed by atoms with Crippen molar-refractivity contribution in [3.8, 4) is 0 Å². The summed E-state index contributed by atoms with van der Waals surface area (Å²) in [6, 6.07) is 8.56. The predicted molar refractivity (Wildman–Crippen MR) is 107 cm³/mol. The van der Waals surface area contributed by atoms with Gasteiger partial charge in [-0.05, 0) is 57.2 Å². The van der Waals surface area contributed by atoms with Gasteiger partial charge in [0.1, 0.15) is 0 Å². The molecule has 0 bridgehead atoms. The molecule has 1 saturated carbocycles. The lowest BCUT2D eigenvalue weighted by Gasteiger charge is -2.35. The number of anilines is 1. The van der Waals surface area contributed by atoms with Crippen LogP contribution in [-0.4, -0.2) is 37.0 Å². The lowest BCUT2D eigenvalue weighted by atomic mass is 9.77. The fraction of sp³-hybridized carbons (Fsp3) is 0.636. The number of benzene rings is 1. The van der Waals surface area contributed by atoms with E-state index in [0.717, 1.165) is 63.7 Å². The molecule has 4 atom stereocenters. The maximum Gasteiger partial charge on any atom is 0.231 e. The van der Waals surface area contributed by atoms with Crippen LogP contribution in [0.2, 0.25) is 0 Å². The number of fused-ring (bicyclic) bond motifs is 1. The first-order valence-corrected chi connectivity index (χ1v) is 10.6. The highest BCUT2D eigenvalue weighted by molar-refractivity contribution is 6.00. The molecule has 1 aromatic carbocycles. The molecule has 2 N–H and O–H groups in total. The van der Waals surface area contributed by atoms with Gasteiger partial charge in [0.2, 0.25) is 11.8 Å². The highest BCUT2D eigenvalue weighted by Crippen LogP contribution is 2.38. The van der Waals surface area contributed by atoms with Crippen molar-refractivity contribution in [2.45, 2.75) is 64.0 Å². The molecule has 2 amide bonds. The van der Waals surface area contributed by atoms with E-state index in [1.807, 2.05) is 23.1 Å². The van der Waals surface area contributed by atoms with Gasteiger partial charge in [-0.3, -0.25) is 9.59 Å². The number of carbonyl (C=O) groups is 2. The number of rotatable bonds is 3. The molecule has 5 nitrogen and oxygen atoms in total. The Kier molecular flexibility index (Phi) is 5.48. The zero-order valence-electron chi connectivity index (χ0n) is 16.2. The number of hydrogen-bond donors (Lipinski definition) is 2. The summed E-state index contributed by atoms with van der Waals surface area (Å²) in [6.45, 7) is 3.99. The van der Waals surface area contributed by atoms with Gasteiger partial charge in [0.15, 0.2) is 0 Å². The molecule has 0 aromatic heterocycles. The maximum absolute atomic E-state index is 13.5. The molecular weight excluding hydrogens is 338 g/mol. The topological polar surface area (TPSA) is 61.4 Å². The molecule has 4 unspecified atom stereocenters. The van der Waals surface area contributed by atoms with Crippen LogP contribution in [-0.2, 0) is 16.0 Å². The Morgan fingerprint density at radius 3 is 2.63 bits per heavy atom. The molecule has 1 aromatic rings. The highest BCUT2D eigenvalue weighted by Gasteiger charge is 2.41. The number of nitrogens with zero attached hydrogens (tertiary/aromatic N) is 1. The van der Waals surface area contributed by atoms with Crippen molar-refractivity contribution in [3.05, 3.63) is 29.8 Å². The SMILES string of the molecule is CC1Cc2ccccc2N1C(=O)C1CCCCC1C(=O)NC1CCCNC1. The third-order valence-electron chi connectivity index (χ3n) is 6.51. The van der Waals surface area contributed by atoms with E-state index in [9.17, 15) is 9.59 Å². The molecule has 4 rings (SSSR count). The van der Waals surface area contributed by atoms with Gasteiger partial charge >= 0.3 is 0 Å². The minimum Gasteiger partial charge on any atom is -0.352 e. The minimum absolute atomic E-state index is 0.0851. The predicted octanol–water partition coefficient (Wildman–Crippen LogP) is 2.64. The largest absolute Gasteiger partial charge is 0.352 e. The normalized spacial score (nSPS) is 30.6. The van der Waals surface area contributed by atoms with Crippen LogP contribution < -0.4 is 15.5 Å². The molecule has 5 heteroatoms. The zero-order chi connectivity index (χ0) is 18.8. The maximum atomic E-state index is 13.5. The Morgan fingerprint density at radius 1 is 1.07 bits per heavy atom. The molecular formula is C22H31N3O2. The van der Waals surface area contributed by atoms with Gasteiger partial charge in [0.05, 0.1) is 5.92 Å². The van der Waals surface area contributed by atoms with Gasteiger partial charge in [-0.15, -0.1) is 0 Å². The van der Waals surface area contributed by atoms with Crippen molar-refractivity contribution >= 4 is 17.5 Å². The summed E-state index contributed by atoms with van der Waals surface area (Å²) in [4.78, 5) is 28.5. The lowest BCUT2D eigenvalue weighted by molar-refractivity contribution is -0.135. The summed E-state index contributed by atoms with van der Waals surface area (Å²) in [7, 11) is 0. The summed E-state index contributed by atoms with van der Waals surface area (Å²) in [5, 5.41) is 6.57. The Balaban J connectivity index is 1.50. The highest BCUT2D eigenvalue weighted by atomic mass is 16.2. The molecule has 2 fully saturated rings. The third-order valence-corrected chi connectivity index (χ3v) is 6.51. The van der Waals surface area contributed by atoms with Gasteiger partial charge in [0, 0.05) is 30.2 Å². The molecule has 1 saturated heterocycles. The second-order valence-corrected chi connectivity index (χ2v) is 8.44. The van der Waals surface area contributed by atoms with Gasteiger partial charge < -0.3 is 15.5 Å². The fourth-order valence-corrected chi connectivity index (χ4v) is 5.10. The van der Waals surface area contributed by atoms with E-state index < -0.39 is 0 Å². The van der Waals surface area contributed by atoms with Crippen molar-refractivity contribution in [1.82, 2.24) is 10.6 Å². The first kappa shape index (κ1) is 18.5. The van der Waals surface area contributed by atoms with Crippen LogP contribution in [0.15, 0.2) is 24.3 Å². The van der Waals surface area contributed by atoms with Gasteiger partial charge in [-0.2, -0.15) is 0 Å². The Bertz CT molecular complexity index is 699. The molecule has 2 heterocycles. The van der Waals surface area contributed by atoms with E-state index >= 15 is 0 Å². The Labute approximate surface area is 161 Å². The van der Waals surface area contributed by atoms with Crippen LogP contribution in [0.4, 0.5) is 5.69 Å². The summed E-state index contributed by atoms with van der Waals surface area (Å²) in [6.07, 6.45) is 6.75. The molecule has 0 spiro atoms. The second-order valence-electron chi connectivity index (χ2n) is 8.44. The summed E-state index contributed by atoms with van der Waals surface area (Å²) in [5.41, 5.74) is 2.28. The van der Waals surface area contributed by atoms with Crippen molar-refractivity contribution < 1.29 is 9.59 Å². The molecule has 3 aliphatic rings. The van der Waals surface area contributed by atoms with Crippen molar-refractivity contribution in [2.24, 2.45) is 11.8 Å². The molecule has 1 aliphatic carbocycles. The van der Waals surface area contributed by atoms with E-state index in [4.69, 9.17) is 0 Å². The van der Waals surface area contributed by atoms with Crippen LogP contribution in [0.1, 0.15) is 51.0 Å². The lowest BCUT2D eigenvalue weighted by Crippen LogP contribution is -2.51. The van der Waals surface area contributed by atoms with Crippen LogP contribution in [0.5, 0.6) is 0 Å². The summed E-state index contributed by atoms with van der Waals surface area (Å²) >= 11 is 0. The standard InChI is InChI=1S/C22H31N3O2/c1-15-13-16-7-2-5-11-20(16)25(15)22(27)19-10-4-3-9-18(19)21(26)24-17-8-6-12-23-14-17/h2,5,7,11,15,17-19,23H,3-4,6,8-10,12-14H2,1H3,(H,24,26). The number of piperidine rings is 1. The quantitative estimate of drug-likeness (QED) is 0.861. The zero-order valence-corrected chi connectivity index (χ0v) is 16.2. The van der Waals surface area contributed by atoms with Crippen molar-refractivity contribution in [2.75, 3.05) is 18.0 Å². The number of carbonyl (C=O) groups excluding carboxylic acids is 2. The molecule has 0 radical (unpaired) electrons. The van der Waals surface area contributed by atoms with E-state index in [1.165, 1.54) is 5.56 Å². The minimum atomic E-state index is -0.191. The Hall–Kier alpha value is -1.88. The van der Waals surface area contributed by atoms with Crippen LogP contribution >= 0.6 is 0 Å². The van der Waals surface area contributed by atoms with E-state index in [0.29, 0.717) is 0 Å². The van der Waals surface area contributed by atoms with E-state index in [1.54, 1.807) is 0 Å². The average Bonchev–Trinajstić information content (AvgIpc) is 3.04. The summed E-state index contributed by atoms with van der Waals surface area (Å²) in [5.74, 6) is -0.145. The Morgan fingerprint density at radius 2 is 1.85 bits per heavy atom. The molecule has 2 aliphatic heterocycles. The molecule has 27 heavy (non-hydrogen) atoms. The number of hydrogen-bond acceptors (Lipinski definition) is 3. The summed E-state index contributed by atoms with van der Waals surface area (Å²) < 4.78 is 0. The third kappa shape index (κ3) is 3.75. The van der Waals surface area contributed by atoms with Crippen LogP contribution in [0, 0.1) is 11.8 Å². The van der Waals surface area contributed by atoms with Crippen molar-refractivity contribution in [1.29, 1.82) is 0 Å². The van der Waals surface area contributed by atoms with Gasteiger partial charge in [-0.1, -0.05) is 31.0 Å². The van der Waals surface area contributed by atoms with Gasteiger partial charge in [-0.25, -0.2) is 0 Å². The monoisotopic (exact) mass is 369 g/mol. The van der Waals surface area contributed by atoms with E-state index in [-0.39, 0.29) is 35.7 Å². The second kappa shape index (κ2) is 8.01. The number of nitrogens with one attached hydrogen (secondary N) is 2. The number of amides is 2. The first-order valence-electron chi connectivity index (χ1n) is 10.6. The van der Waals surface area contributed by atoms with Crippen LogP contribution in [0.25, 0.3) is 0 Å².